The highest BCUT2D eigenvalue weighted by Gasteiger charge is 2.28. The number of hydrogen-bond acceptors (Lipinski definition) is 1. The zero-order valence-electron chi connectivity index (χ0n) is 22.3. The molecule has 1 fully saturated rings. The Morgan fingerprint density at radius 3 is 1.76 bits per heavy atom. The van der Waals surface area contributed by atoms with E-state index in [4.69, 9.17) is 0 Å². The largest absolute Gasteiger partial charge is 0.294 e. The maximum absolute atomic E-state index is 13.3. The average Bonchev–Trinajstić information content (AvgIpc) is 3.30. The van der Waals surface area contributed by atoms with Crippen LogP contribution in [0.2, 0.25) is 0 Å². The molecule has 0 aliphatic heterocycles. The maximum Gasteiger partial charge on any atom is 0.163 e. The number of carbonyl (C=O) groups is 1. The van der Waals surface area contributed by atoms with Crippen molar-refractivity contribution >= 4 is 5.78 Å². The molecule has 4 aromatic rings. The smallest absolute Gasteiger partial charge is 0.163 e. The van der Waals surface area contributed by atoms with Crippen LogP contribution >= 0.6 is 0 Å². The SMILES string of the molecule is O=C(CC1CCC(CCCCC2c3ccccc3-c3ccccc32)CC1)c1ccccc1-c1ccccc1. The molecule has 0 saturated heterocycles. The van der Waals surface area contributed by atoms with E-state index in [1.165, 1.54) is 73.6 Å². The van der Waals surface area contributed by atoms with Crippen molar-refractivity contribution in [2.75, 3.05) is 0 Å². The molecule has 4 aromatic carbocycles. The second kappa shape index (κ2) is 11.5. The van der Waals surface area contributed by atoms with Gasteiger partial charge in [-0.15, -0.1) is 0 Å². The third-order valence-electron chi connectivity index (χ3n) is 9.07. The van der Waals surface area contributed by atoms with Crippen LogP contribution in [0, 0.1) is 11.8 Å². The van der Waals surface area contributed by atoms with E-state index in [2.05, 4.69) is 66.7 Å². The van der Waals surface area contributed by atoms with Crippen LogP contribution in [0.5, 0.6) is 0 Å². The molecule has 0 atom stereocenters. The summed E-state index contributed by atoms with van der Waals surface area (Å²) in [6.07, 6.45) is 10.9. The van der Waals surface area contributed by atoms with Crippen molar-refractivity contribution in [3.8, 4) is 22.3 Å². The van der Waals surface area contributed by atoms with Gasteiger partial charge in [-0.2, -0.15) is 0 Å². The Kier molecular flexibility index (Phi) is 7.54. The van der Waals surface area contributed by atoms with E-state index >= 15 is 0 Å². The Morgan fingerprint density at radius 1 is 0.553 bits per heavy atom. The first kappa shape index (κ1) is 24.9. The summed E-state index contributed by atoms with van der Waals surface area (Å²) in [4.78, 5) is 13.3. The summed E-state index contributed by atoms with van der Waals surface area (Å²) in [6.45, 7) is 0. The number of Topliss-reactive ketones (excluding diaryl/α,β-unsaturated/α-hetero) is 1. The normalized spacial score (nSPS) is 18.6. The Labute approximate surface area is 227 Å². The Hall–Kier alpha value is -3.45. The van der Waals surface area contributed by atoms with E-state index in [-0.39, 0.29) is 0 Å². The van der Waals surface area contributed by atoms with Crippen LogP contribution in [0.25, 0.3) is 22.3 Å². The van der Waals surface area contributed by atoms with Crippen molar-refractivity contribution in [1.29, 1.82) is 0 Å². The van der Waals surface area contributed by atoms with Gasteiger partial charge in [0.25, 0.3) is 0 Å². The second-order valence-electron chi connectivity index (χ2n) is 11.4. The first-order chi connectivity index (χ1) is 18.8. The number of hydrogen-bond donors (Lipinski definition) is 0. The van der Waals surface area contributed by atoms with E-state index in [0.717, 1.165) is 22.6 Å². The highest BCUT2D eigenvalue weighted by Crippen LogP contribution is 2.47. The molecule has 2 aliphatic rings. The molecule has 1 nitrogen and oxygen atoms in total. The fourth-order valence-corrected chi connectivity index (χ4v) is 7.04. The molecule has 0 bridgehead atoms. The van der Waals surface area contributed by atoms with Crippen molar-refractivity contribution in [2.45, 2.75) is 63.7 Å². The standard InChI is InChI=1S/C37H38O/c38-37(36-21-11-6-15-30(36)29-13-2-1-3-14-29)26-28-24-22-27(23-25-28)12-4-5-16-31-32-17-7-9-19-34(32)35-20-10-8-18-33(31)35/h1-3,6-11,13-15,17-21,27-28,31H,4-5,12,16,22-26H2. The van der Waals surface area contributed by atoms with Crippen molar-refractivity contribution < 1.29 is 4.79 Å². The number of benzene rings is 4. The number of fused-ring (bicyclic) bond motifs is 3. The second-order valence-corrected chi connectivity index (χ2v) is 11.4. The van der Waals surface area contributed by atoms with Crippen molar-refractivity contribution in [3.63, 3.8) is 0 Å². The van der Waals surface area contributed by atoms with Crippen molar-refractivity contribution in [3.05, 3.63) is 120 Å². The summed E-state index contributed by atoms with van der Waals surface area (Å²) < 4.78 is 0. The molecule has 6 rings (SSSR count). The van der Waals surface area contributed by atoms with Crippen LogP contribution in [0.1, 0.15) is 85.2 Å². The lowest BCUT2D eigenvalue weighted by atomic mass is 9.77. The summed E-state index contributed by atoms with van der Waals surface area (Å²) in [5.41, 5.74) is 9.00. The van der Waals surface area contributed by atoms with E-state index in [0.29, 0.717) is 24.0 Å². The van der Waals surface area contributed by atoms with Gasteiger partial charge in [-0.3, -0.25) is 4.79 Å². The fourth-order valence-electron chi connectivity index (χ4n) is 7.04. The van der Waals surface area contributed by atoms with Crippen LogP contribution < -0.4 is 0 Å². The predicted molar refractivity (Wildman–Crippen MR) is 158 cm³/mol. The zero-order valence-corrected chi connectivity index (χ0v) is 22.3. The molecular formula is C37H38O. The monoisotopic (exact) mass is 498 g/mol. The van der Waals surface area contributed by atoms with Gasteiger partial charge < -0.3 is 0 Å². The van der Waals surface area contributed by atoms with E-state index in [9.17, 15) is 4.79 Å². The predicted octanol–water partition coefficient (Wildman–Crippen LogP) is 10.1. The van der Waals surface area contributed by atoms with Gasteiger partial charge >= 0.3 is 0 Å². The third kappa shape index (κ3) is 5.25. The first-order valence-electron chi connectivity index (χ1n) is 14.6. The molecule has 0 radical (unpaired) electrons. The summed E-state index contributed by atoms with van der Waals surface area (Å²) in [5.74, 6) is 2.24. The molecule has 0 unspecified atom stereocenters. The minimum Gasteiger partial charge on any atom is -0.294 e. The van der Waals surface area contributed by atoms with Gasteiger partial charge in [-0.05, 0) is 64.5 Å². The van der Waals surface area contributed by atoms with E-state index in [1.54, 1.807) is 0 Å². The minimum atomic E-state index is 0.310. The van der Waals surface area contributed by atoms with Gasteiger partial charge in [0.15, 0.2) is 5.78 Å². The van der Waals surface area contributed by atoms with Crippen LogP contribution in [-0.4, -0.2) is 5.78 Å². The lowest BCUT2D eigenvalue weighted by molar-refractivity contribution is 0.0942. The molecule has 1 heteroatoms. The van der Waals surface area contributed by atoms with Crippen LogP contribution in [0.15, 0.2) is 103 Å². The molecule has 0 heterocycles. The highest BCUT2D eigenvalue weighted by atomic mass is 16.1. The summed E-state index contributed by atoms with van der Waals surface area (Å²) >= 11 is 0. The molecule has 1 saturated carbocycles. The molecule has 0 N–H and O–H groups in total. The highest BCUT2D eigenvalue weighted by molar-refractivity contribution is 6.02. The van der Waals surface area contributed by atoms with Crippen molar-refractivity contribution in [1.82, 2.24) is 0 Å². The minimum absolute atomic E-state index is 0.310. The van der Waals surface area contributed by atoms with E-state index < -0.39 is 0 Å². The molecular weight excluding hydrogens is 460 g/mol. The number of unbranched alkanes of at least 4 members (excludes halogenated alkanes) is 1. The topological polar surface area (TPSA) is 17.1 Å². The van der Waals surface area contributed by atoms with Gasteiger partial charge in [-0.1, -0.05) is 135 Å². The third-order valence-corrected chi connectivity index (χ3v) is 9.07. The summed E-state index contributed by atoms with van der Waals surface area (Å²) in [6, 6.07) is 36.4. The van der Waals surface area contributed by atoms with Gasteiger partial charge in [0.1, 0.15) is 0 Å². The van der Waals surface area contributed by atoms with Gasteiger partial charge in [-0.25, -0.2) is 0 Å². The van der Waals surface area contributed by atoms with Gasteiger partial charge in [0.05, 0.1) is 0 Å². The number of rotatable bonds is 9. The first-order valence-corrected chi connectivity index (χ1v) is 14.6. The van der Waals surface area contributed by atoms with E-state index in [1.807, 2.05) is 36.4 Å². The molecule has 2 aliphatic carbocycles. The summed E-state index contributed by atoms with van der Waals surface area (Å²) in [5, 5.41) is 0. The number of ketones is 1. The lowest BCUT2D eigenvalue weighted by Gasteiger charge is -2.28. The van der Waals surface area contributed by atoms with Crippen LogP contribution in [0.3, 0.4) is 0 Å². The molecule has 192 valence electrons. The molecule has 0 aromatic heterocycles. The molecule has 0 amide bonds. The number of carbonyl (C=O) groups excluding carboxylic acids is 1. The fraction of sp³-hybridized carbons (Fsp3) is 0.324. The Morgan fingerprint density at radius 2 is 1.08 bits per heavy atom. The lowest BCUT2D eigenvalue weighted by Crippen LogP contribution is -2.18. The van der Waals surface area contributed by atoms with Gasteiger partial charge in [0.2, 0.25) is 0 Å². The maximum atomic E-state index is 13.3. The van der Waals surface area contributed by atoms with Crippen LogP contribution in [0.4, 0.5) is 0 Å². The summed E-state index contributed by atoms with van der Waals surface area (Å²) in [7, 11) is 0. The van der Waals surface area contributed by atoms with Crippen molar-refractivity contribution in [2.24, 2.45) is 11.8 Å². The quantitative estimate of drug-likeness (QED) is 0.166. The average molecular weight is 499 g/mol. The Balaban J connectivity index is 0.976. The van der Waals surface area contributed by atoms with Crippen LogP contribution in [-0.2, 0) is 0 Å². The zero-order chi connectivity index (χ0) is 25.7. The van der Waals surface area contributed by atoms with Gasteiger partial charge in [0, 0.05) is 17.9 Å². The molecule has 0 spiro atoms. The Bertz CT molecular complexity index is 1330. The molecule has 38 heavy (non-hydrogen) atoms.